The van der Waals surface area contributed by atoms with E-state index in [2.05, 4.69) is 70.0 Å². The molecule has 0 saturated carbocycles. The number of carbonyl (C=O) groups is 1. The van der Waals surface area contributed by atoms with Crippen molar-refractivity contribution in [1.29, 1.82) is 0 Å². The smallest absolute Gasteiger partial charge is 0.303 e. The van der Waals surface area contributed by atoms with Gasteiger partial charge in [0, 0.05) is 18.5 Å². The number of benzene rings is 1. The van der Waals surface area contributed by atoms with Crippen molar-refractivity contribution in [1.82, 2.24) is 4.90 Å². The van der Waals surface area contributed by atoms with Crippen LogP contribution in [0, 0.1) is 18.3 Å². The number of carboxylic acids is 1. The van der Waals surface area contributed by atoms with E-state index in [-0.39, 0.29) is 29.8 Å². The highest BCUT2D eigenvalue weighted by molar-refractivity contribution is 5.67. The summed E-state index contributed by atoms with van der Waals surface area (Å²) >= 11 is 0. The van der Waals surface area contributed by atoms with Crippen LogP contribution in [0.15, 0.2) is 48.6 Å². The number of hydrogen-bond acceptors (Lipinski definition) is 2. The standard InChI is InChI=1S/C24H35NO2/c1-16(2)18(4)23(24(5,6)7)25-13-12-19(15-22(26)27)14-21(25)20-10-8-17(3)9-11-20/h8-11,19,21,23H,1,4,12-15H2,2-3,5-7H3,(H,26,27)/t19-,21+,23-/m1/s1. The van der Waals surface area contributed by atoms with Gasteiger partial charge in [-0.2, -0.15) is 0 Å². The molecule has 27 heavy (non-hydrogen) atoms. The highest BCUT2D eigenvalue weighted by atomic mass is 16.4. The average Bonchev–Trinajstić information content (AvgIpc) is 2.55. The minimum atomic E-state index is -0.699. The van der Waals surface area contributed by atoms with Gasteiger partial charge in [0.05, 0.1) is 0 Å². The van der Waals surface area contributed by atoms with Crippen LogP contribution in [-0.4, -0.2) is 28.6 Å². The third-order valence-corrected chi connectivity index (χ3v) is 5.71. The second kappa shape index (κ2) is 8.43. The number of likely N-dealkylation sites (tertiary alicyclic amines) is 1. The highest BCUT2D eigenvalue weighted by Crippen LogP contribution is 2.43. The summed E-state index contributed by atoms with van der Waals surface area (Å²) < 4.78 is 0. The van der Waals surface area contributed by atoms with Crippen LogP contribution in [0.5, 0.6) is 0 Å². The Morgan fingerprint density at radius 1 is 1.26 bits per heavy atom. The molecule has 1 N–H and O–H groups in total. The second-order valence-electron chi connectivity index (χ2n) is 9.23. The first-order chi connectivity index (χ1) is 12.5. The van der Waals surface area contributed by atoms with Crippen LogP contribution < -0.4 is 0 Å². The molecule has 1 aromatic rings. The molecule has 148 valence electrons. The van der Waals surface area contributed by atoms with Gasteiger partial charge in [0.2, 0.25) is 0 Å². The van der Waals surface area contributed by atoms with Crippen LogP contribution in [0.1, 0.15) is 64.1 Å². The lowest BCUT2D eigenvalue weighted by molar-refractivity contribution is -0.138. The molecule has 0 spiro atoms. The summed E-state index contributed by atoms with van der Waals surface area (Å²) in [4.78, 5) is 13.8. The minimum absolute atomic E-state index is 0.0125. The van der Waals surface area contributed by atoms with Crippen molar-refractivity contribution in [3.8, 4) is 0 Å². The summed E-state index contributed by atoms with van der Waals surface area (Å²) in [6.45, 7) is 20.3. The maximum absolute atomic E-state index is 11.3. The second-order valence-corrected chi connectivity index (χ2v) is 9.23. The molecule has 0 amide bonds. The van der Waals surface area contributed by atoms with Crippen LogP contribution in [0.25, 0.3) is 0 Å². The predicted octanol–water partition coefficient (Wildman–Crippen LogP) is 5.77. The van der Waals surface area contributed by atoms with Gasteiger partial charge < -0.3 is 5.11 Å². The Labute approximate surface area is 164 Å². The fraction of sp³-hybridized carbons (Fsp3) is 0.542. The Morgan fingerprint density at radius 3 is 2.33 bits per heavy atom. The molecule has 0 aliphatic carbocycles. The molecule has 1 aliphatic heterocycles. The summed E-state index contributed by atoms with van der Waals surface area (Å²) in [6.07, 6.45) is 2.02. The lowest BCUT2D eigenvalue weighted by atomic mass is 9.75. The number of carboxylic acid groups (broad SMARTS) is 1. The first kappa shape index (κ1) is 21.4. The Balaban J connectivity index is 2.43. The van der Waals surface area contributed by atoms with Gasteiger partial charge in [-0.1, -0.05) is 69.3 Å². The molecule has 3 heteroatoms. The topological polar surface area (TPSA) is 40.5 Å². The fourth-order valence-electron chi connectivity index (χ4n) is 4.37. The summed E-state index contributed by atoms with van der Waals surface area (Å²) in [5, 5.41) is 9.28. The largest absolute Gasteiger partial charge is 0.481 e. The van der Waals surface area contributed by atoms with E-state index >= 15 is 0 Å². The van der Waals surface area contributed by atoms with Gasteiger partial charge in [-0.15, -0.1) is 0 Å². The van der Waals surface area contributed by atoms with Gasteiger partial charge >= 0.3 is 5.97 Å². The summed E-state index contributed by atoms with van der Waals surface area (Å²) in [6, 6.07) is 9.05. The third kappa shape index (κ3) is 5.32. The molecule has 1 aromatic carbocycles. The number of nitrogens with zero attached hydrogens (tertiary/aromatic N) is 1. The fourth-order valence-corrected chi connectivity index (χ4v) is 4.37. The van der Waals surface area contributed by atoms with Crippen molar-refractivity contribution in [3.63, 3.8) is 0 Å². The molecule has 1 heterocycles. The molecule has 0 bridgehead atoms. The molecule has 3 nitrogen and oxygen atoms in total. The molecular weight excluding hydrogens is 334 g/mol. The van der Waals surface area contributed by atoms with E-state index in [4.69, 9.17) is 0 Å². The first-order valence-electron chi connectivity index (χ1n) is 9.89. The van der Waals surface area contributed by atoms with Gasteiger partial charge in [-0.3, -0.25) is 9.69 Å². The van der Waals surface area contributed by atoms with Crippen molar-refractivity contribution in [2.75, 3.05) is 6.54 Å². The molecular formula is C24H35NO2. The Bertz CT molecular complexity index is 696. The van der Waals surface area contributed by atoms with Crippen LogP contribution >= 0.6 is 0 Å². The van der Waals surface area contributed by atoms with Gasteiger partial charge in [0.1, 0.15) is 0 Å². The minimum Gasteiger partial charge on any atom is -0.481 e. The van der Waals surface area contributed by atoms with Crippen molar-refractivity contribution >= 4 is 5.97 Å². The van der Waals surface area contributed by atoms with Crippen LogP contribution in [0.4, 0.5) is 0 Å². The SMILES string of the molecule is C=C(C)C(=C)[C@@H](N1CC[C@@H](CC(=O)O)C[C@H]1c1ccc(C)cc1)C(C)(C)C. The van der Waals surface area contributed by atoms with E-state index in [1.54, 1.807) is 0 Å². The molecule has 1 aliphatic rings. The highest BCUT2D eigenvalue weighted by Gasteiger charge is 2.40. The van der Waals surface area contributed by atoms with Crippen molar-refractivity contribution < 1.29 is 9.90 Å². The summed E-state index contributed by atoms with van der Waals surface area (Å²) in [5.41, 5.74) is 4.61. The lowest BCUT2D eigenvalue weighted by Gasteiger charge is -2.49. The number of hydrogen-bond donors (Lipinski definition) is 1. The van der Waals surface area contributed by atoms with Crippen LogP contribution in [0.3, 0.4) is 0 Å². The van der Waals surface area contributed by atoms with E-state index in [1.165, 1.54) is 11.1 Å². The number of aryl methyl sites for hydroxylation is 1. The van der Waals surface area contributed by atoms with Gasteiger partial charge in [0.25, 0.3) is 0 Å². The van der Waals surface area contributed by atoms with E-state index in [0.717, 1.165) is 30.5 Å². The van der Waals surface area contributed by atoms with E-state index in [0.29, 0.717) is 0 Å². The zero-order valence-electron chi connectivity index (χ0n) is 17.6. The normalized spacial score (nSPS) is 22.3. The number of rotatable bonds is 6. The van der Waals surface area contributed by atoms with Gasteiger partial charge in [-0.05, 0) is 55.7 Å². The van der Waals surface area contributed by atoms with Gasteiger partial charge in [-0.25, -0.2) is 0 Å². The monoisotopic (exact) mass is 369 g/mol. The zero-order valence-corrected chi connectivity index (χ0v) is 17.6. The third-order valence-electron chi connectivity index (χ3n) is 5.71. The molecule has 2 rings (SSSR count). The Hall–Kier alpha value is -1.87. The van der Waals surface area contributed by atoms with Gasteiger partial charge in [0.15, 0.2) is 0 Å². The van der Waals surface area contributed by atoms with E-state index in [1.807, 2.05) is 6.92 Å². The maximum atomic E-state index is 11.3. The number of piperidine rings is 1. The number of aliphatic carboxylic acids is 1. The lowest BCUT2D eigenvalue weighted by Crippen LogP contribution is -2.50. The quantitative estimate of drug-likeness (QED) is 0.647. The van der Waals surface area contributed by atoms with Crippen molar-refractivity contribution in [2.45, 2.75) is 66.0 Å². The predicted molar refractivity (Wildman–Crippen MR) is 113 cm³/mol. The molecule has 0 unspecified atom stereocenters. The molecule has 1 saturated heterocycles. The van der Waals surface area contributed by atoms with E-state index in [9.17, 15) is 9.90 Å². The molecule has 0 radical (unpaired) electrons. The molecule has 0 aromatic heterocycles. The summed E-state index contributed by atoms with van der Waals surface area (Å²) in [7, 11) is 0. The van der Waals surface area contributed by atoms with E-state index < -0.39 is 5.97 Å². The first-order valence-corrected chi connectivity index (χ1v) is 9.89. The average molecular weight is 370 g/mol. The molecule has 3 atom stereocenters. The maximum Gasteiger partial charge on any atom is 0.303 e. The zero-order chi connectivity index (χ0) is 20.4. The Kier molecular flexibility index (Phi) is 6.69. The Morgan fingerprint density at radius 2 is 1.85 bits per heavy atom. The summed E-state index contributed by atoms with van der Waals surface area (Å²) in [5.74, 6) is -0.487. The van der Waals surface area contributed by atoms with Crippen LogP contribution in [-0.2, 0) is 4.79 Å². The van der Waals surface area contributed by atoms with Crippen molar-refractivity contribution in [3.05, 3.63) is 59.7 Å². The van der Waals surface area contributed by atoms with Crippen LogP contribution in [0.2, 0.25) is 0 Å². The molecule has 1 fully saturated rings. The van der Waals surface area contributed by atoms with Crippen molar-refractivity contribution in [2.24, 2.45) is 11.3 Å².